The summed E-state index contributed by atoms with van der Waals surface area (Å²) in [6, 6.07) is 0. The van der Waals surface area contributed by atoms with Crippen LogP contribution in [0.4, 0.5) is 0 Å². The largest absolute Gasteiger partial charge is 0.595 e. The molecule has 4 nitrogen and oxygen atoms in total. The summed E-state index contributed by atoms with van der Waals surface area (Å²) in [5.41, 5.74) is 5.68. The molecule has 0 radical (unpaired) electrons. The Kier molecular flexibility index (Phi) is 4.57. The van der Waals surface area contributed by atoms with Crippen LogP contribution < -0.4 is 11.0 Å². The first kappa shape index (κ1) is 9.16. The van der Waals surface area contributed by atoms with Crippen molar-refractivity contribution in [2.75, 3.05) is 0 Å². The van der Waals surface area contributed by atoms with Gasteiger partial charge in [-0.05, 0) is 12.8 Å². The Bertz CT molecular complexity index is 132. The normalized spacial score (nSPS) is 14.8. The van der Waals surface area contributed by atoms with Crippen LogP contribution in [0, 0.1) is 5.21 Å². The number of nitrogens with two attached hydrogens (primary N) is 1. The minimum atomic E-state index is -0.999. The van der Waals surface area contributed by atoms with E-state index in [4.69, 9.17) is 10.9 Å². The molecule has 0 aliphatic heterocycles. The highest BCUT2D eigenvalue weighted by molar-refractivity contribution is 4.91. The first-order valence-corrected chi connectivity index (χ1v) is 2.96. The number of rotatable bonds is 4. The van der Waals surface area contributed by atoms with Crippen molar-refractivity contribution in [2.45, 2.75) is 12.8 Å². The fourth-order valence-corrected chi connectivity index (χ4v) is 0.499. The monoisotopic (exact) mass is 144 g/mol. The lowest BCUT2D eigenvalue weighted by Crippen LogP contribution is -2.99. The zero-order valence-electron chi connectivity index (χ0n) is 5.71. The van der Waals surface area contributed by atoms with Crippen LogP contribution in [0.25, 0.3) is 0 Å². The van der Waals surface area contributed by atoms with E-state index in [0.717, 1.165) is 12.6 Å². The van der Waals surface area contributed by atoms with Crippen molar-refractivity contribution in [2.24, 2.45) is 5.73 Å². The van der Waals surface area contributed by atoms with Crippen LogP contribution in [-0.4, -0.2) is 5.21 Å². The van der Waals surface area contributed by atoms with Gasteiger partial charge < -0.3 is 10.9 Å². The first-order valence-electron chi connectivity index (χ1n) is 2.96. The van der Waals surface area contributed by atoms with Gasteiger partial charge in [-0.25, -0.2) is 5.21 Å². The Morgan fingerprint density at radius 3 is 2.80 bits per heavy atom. The van der Waals surface area contributed by atoms with Crippen LogP contribution in [0.3, 0.4) is 0 Å². The molecule has 58 valence electrons. The van der Waals surface area contributed by atoms with E-state index in [0.29, 0.717) is 12.1 Å². The molecule has 0 aromatic heterocycles. The molecular formula is C6H12N2O2. The summed E-state index contributed by atoms with van der Waals surface area (Å²) in [7, 11) is 0. The lowest BCUT2D eigenvalue weighted by atomic mass is 10.2. The Morgan fingerprint density at radius 1 is 1.80 bits per heavy atom. The molecule has 1 unspecified atom stereocenters. The number of hydrogen-bond acceptors (Lipinski definition) is 3. The van der Waals surface area contributed by atoms with Crippen molar-refractivity contribution in [3.8, 4) is 0 Å². The molecule has 4 N–H and O–H groups in total. The van der Waals surface area contributed by atoms with Crippen LogP contribution in [-0.2, 0) is 0 Å². The predicted molar refractivity (Wildman–Crippen MR) is 37.8 cm³/mol. The highest BCUT2D eigenvalue weighted by Gasteiger charge is 1.90. The van der Waals surface area contributed by atoms with E-state index in [1.165, 1.54) is 0 Å². The molecule has 0 saturated heterocycles. The molecular weight excluding hydrogens is 132 g/mol. The van der Waals surface area contributed by atoms with Crippen molar-refractivity contribution in [3.63, 3.8) is 0 Å². The molecule has 0 heterocycles. The quantitative estimate of drug-likeness (QED) is 0.368. The summed E-state index contributed by atoms with van der Waals surface area (Å²) in [4.78, 5) is 0. The SMILES string of the molecule is C=CCCC(N)=C[NH+]([O-])O. The second-order valence-electron chi connectivity index (χ2n) is 1.88. The molecule has 0 bridgehead atoms. The van der Waals surface area contributed by atoms with Crippen LogP contribution >= 0.6 is 0 Å². The standard InChI is InChI=1S/C6H12N2O2/c1-2-3-4-6(7)5-8(9)10/h2,5,8-9H,1,3-4,7H2. The lowest BCUT2D eigenvalue weighted by molar-refractivity contribution is -1.00. The fraction of sp³-hybridized carbons (Fsp3) is 0.333. The molecule has 1 atom stereocenters. The molecule has 0 fully saturated rings. The topological polar surface area (TPSA) is 73.8 Å². The summed E-state index contributed by atoms with van der Waals surface area (Å²) < 4.78 is 0. The van der Waals surface area contributed by atoms with Gasteiger partial charge in [0.15, 0.2) is 0 Å². The van der Waals surface area contributed by atoms with Crippen molar-refractivity contribution in [1.29, 1.82) is 0 Å². The maximum atomic E-state index is 9.99. The lowest BCUT2D eigenvalue weighted by Gasteiger charge is -2.06. The molecule has 10 heavy (non-hydrogen) atoms. The van der Waals surface area contributed by atoms with E-state index >= 15 is 0 Å². The van der Waals surface area contributed by atoms with Gasteiger partial charge in [-0.2, -0.15) is 5.23 Å². The van der Waals surface area contributed by atoms with Crippen molar-refractivity contribution < 1.29 is 10.4 Å². The molecule has 0 aromatic rings. The van der Waals surface area contributed by atoms with E-state index < -0.39 is 5.23 Å². The third-order valence-electron chi connectivity index (χ3n) is 0.946. The smallest absolute Gasteiger partial charge is 0.146 e. The predicted octanol–water partition coefficient (Wildman–Crippen LogP) is -0.475. The zero-order valence-corrected chi connectivity index (χ0v) is 5.71. The van der Waals surface area contributed by atoms with Gasteiger partial charge in [0.2, 0.25) is 0 Å². The number of hydroxylamine groups is 2. The number of quaternary nitrogens is 1. The maximum Gasteiger partial charge on any atom is 0.146 e. The third kappa shape index (κ3) is 5.30. The first-order chi connectivity index (χ1) is 4.66. The van der Waals surface area contributed by atoms with Crippen LogP contribution in [0.15, 0.2) is 24.6 Å². The highest BCUT2D eigenvalue weighted by Crippen LogP contribution is 1.94. The molecule has 0 amide bonds. The number of allylic oxidation sites excluding steroid dienone is 2. The molecule has 0 aromatic carbocycles. The summed E-state index contributed by atoms with van der Waals surface area (Å²) in [5, 5.41) is 17.2. The van der Waals surface area contributed by atoms with Gasteiger partial charge in [0.1, 0.15) is 6.20 Å². The van der Waals surface area contributed by atoms with Gasteiger partial charge in [-0.15, -0.1) is 6.58 Å². The van der Waals surface area contributed by atoms with E-state index in [1.807, 2.05) is 0 Å². The Labute approximate surface area is 59.8 Å². The average Bonchev–Trinajstić information content (AvgIpc) is 1.82. The molecule has 0 spiro atoms. The second kappa shape index (κ2) is 4.99. The van der Waals surface area contributed by atoms with E-state index in [9.17, 15) is 5.21 Å². The van der Waals surface area contributed by atoms with Crippen molar-refractivity contribution in [3.05, 3.63) is 29.8 Å². The van der Waals surface area contributed by atoms with Crippen molar-refractivity contribution in [1.82, 2.24) is 0 Å². The summed E-state index contributed by atoms with van der Waals surface area (Å²) in [5.74, 6) is 0. The molecule has 4 heteroatoms. The second-order valence-corrected chi connectivity index (χ2v) is 1.88. The highest BCUT2D eigenvalue weighted by atomic mass is 16.8. The molecule has 0 aliphatic carbocycles. The van der Waals surface area contributed by atoms with Gasteiger partial charge in [0, 0.05) is 0 Å². The number of nitrogens with one attached hydrogen (secondary N) is 1. The van der Waals surface area contributed by atoms with Gasteiger partial charge in [0.25, 0.3) is 0 Å². The Hall–Kier alpha value is -0.840. The molecule has 0 saturated carbocycles. The Balaban J connectivity index is 3.59. The molecule has 0 aliphatic rings. The number of hydrogen-bond donors (Lipinski definition) is 3. The van der Waals surface area contributed by atoms with E-state index in [-0.39, 0.29) is 0 Å². The van der Waals surface area contributed by atoms with Crippen molar-refractivity contribution >= 4 is 0 Å². The fourth-order valence-electron chi connectivity index (χ4n) is 0.499. The van der Waals surface area contributed by atoms with E-state index in [1.54, 1.807) is 6.08 Å². The summed E-state index contributed by atoms with van der Waals surface area (Å²) >= 11 is 0. The Morgan fingerprint density at radius 2 is 2.40 bits per heavy atom. The van der Waals surface area contributed by atoms with Gasteiger partial charge >= 0.3 is 0 Å². The summed E-state index contributed by atoms with van der Waals surface area (Å²) in [6.07, 6.45) is 3.98. The van der Waals surface area contributed by atoms with Gasteiger partial charge in [-0.1, -0.05) is 6.08 Å². The molecule has 0 rings (SSSR count). The summed E-state index contributed by atoms with van der Waals surface area (Å²) in [6.45, 7) is 3.48. The van der Waals surface area contributed by atoms with Crippen LogP contribution in [0.2, 0.25) is 0 Å². The maximum absolute atomic E-state index is 9.99. The van der Waals surface area contributed by atoms with E-state index in [2.05, 4.69) is 6.58 Å². The third-order valence-corrected chi connectivity index (χ3v) is 0.946. The van der Waals surface area contributed by atoms with Crippen LogP contribution in [0.5, 0.6) is 0 Å². The zero-order chi connectivity index (χ0) is 7.98. The average molecular weight is 144 g/mol. The minimum absolute atomic E-state index is 0.382. The van der Waals surface area contributed by atoms with Gasteiger partial charge in [0.05, 0.1) is 5.70 Å². The van der Waals surface area contributed by atoms with Crippen LogP contribution in [0.1, 0.15) is 12.8 Å². The van der Waals surface area contributed by atoms with Gasteiger partial charge in [-0.3, -0.25) is 0 Å². The minimum Gasteiger partial charge on any atom is -0.595 e.